The van der Waals surface area contributed by atoms with Crippen LogP contribution in [0.15, 0.2) is 35.1 Å². The number of carbonyl (C=O) groups excluding carboxylic acids is 1. The Morgan fingerprint density at radius 3 is 2.36 bits per heavy atom. The van der Waals surface area contributed by atoms with E-state index in [1.54, 1.807) is 25.6 Å². The number of amides is 1. The summed E-state index contributed by atoms with van der Waals surface area (Å²) in [6, 6.07) is 8.87. The standard InChI is InChI=1S/C15H16N4O2S/c1-9-13(20)18(15(22)16-9)12-10(2)17(3)19(14(12)21)11-7-5-4-6-8-11/h4-9H,1-3H3,(H,16,22)/t9-/m1/s1. The molecule has 2 heterocycles. The summed E-state index contributed by atoms with van der Waals surface area (Å²) < 4.78 is 3.26. The minimum Gasteiger partial charge on any atom is -0.350 e. The topological polar surface area (TPSA) is 59.3 Å². The predicted molar refractivity (Wildman–Crippen MR) is 88.4 cm³/mol. The lowest BCUT2D eigenvalue weighted by Gasteiger charge is -2.12. The molecule has 1 saturated heterocycles. The van der Waals surface area contributed by atoms with Gasteiger partial charge in [0.25, 0.3) is 11.5 Å². The Balaban J connectivity index is 2.22. The highest BCUT2D eigenvalue weighted by molar-refractivity contribution is 7.80. The van der Waals surface area contributed by atoms with Gasteiger partial charge in [0.05, 0.1) is 11.4 Å². The van der Waals surface area contributed by atoms with E-state index in [4.69, 9.17) is 12.2 Å². The molecular formula is C15H16N4O2S. The van der Waals surface area contributed by atoms with Crippen LogP contribution in [0.4, 0.5) is 5.69 Å². The Morgan fingerprint density at radius 1 is 1.18 bits per heavy atom. The smallest absolute Gasteiger partial charge is 0.296 e. The molecule has 1 atom stereocenters. The van der Waals surface area contributed by atoms with Crippen LogP contribution in [-0.4, -0.2) is 26.4 Å². The third-order valence-corrected chi connectivity index (χ3v) is 4.18. The first-order valence-electron chi connectivity index (χ1n) is 6.92. The Kier molecular flexibility index (Phi) is 3.37. The van der Waals surface area contributed by atoms with Gasteiger partial charge in [-0.2, -0.15) is 0 Å². The van der Waals surface area contributed by atoms with Crippen molar-refractivity contribution < 1.29 is 4.79 Å². The van der Waals surface area contributed by atoms with Gasteiger partial charge in [0, 0.05) is 7.05 Å². The van der Waals surface area contributed by atoms with Crippen molar-refractivity contribution in [2.24, 2.45) is 7.05 Å². The van der Waals surface area contributed by atoms with Gasteiger partial charge in [0.15, 0.2) is 5.11 Å². The first-order valence-corrected chi connectivity index (χ1v) is 7.32. The molecule has 7 heteroatoms. The van der Waals surface area contributed by atoms with Gasteiger partial charge in [-0.1, -0.05) is 18.2 Å². The number of thiocarbonyl (C=S) groups is 1. The highest BCUT2D eigenvalue weighted by Gasteiger charge is 2.37. The molecule has 22 heavy (non-hydrogen) atoms. The van der Waals surface area contributed by atoms with Gasteiger partial charge in [0.2, 0.25) is 0 Å². The second kappa shape index (κ2) is 5.10. The quantitative estimate of drug-likeness (QED) is 0.843. The predicted octanol–water partition coefficient (Wildman–Crippen LogP) is 1.09. The lowest BCUT2D eigenvalue weighted by molar-refractivity contribution is -0.117. The maximum atomic E-state index is 12.9. The maximum Gasteiger partial charge on any atom is 0.296 e. The summed E-state index contributed by atoms with van der Waals surface area (Å²) in [5.41, 5.74) is 1.46. The second-order valence-corrected chi connectivity index (χ2v) is 5.64. The van der Waals surface area contributed by atoms with E-state index in [1.807, 2.05) is 30.3 Å². The number of rotatable bonds is 2. The van der Waals surface area contributed by atoms with Crippen LogP contribution < -0.4 is 15.8 Å². The lowest BCUT2D eigenvalue weighted by Crippen LogP contribution is -2.35. The van der Waals surface area contributed by atoms with E-state index in [0.717, 1.165) is 5.69 Å². The molecule has 0 bridgehead atoms. The molecule has 1 aliphatic heterocycles. The Bertz CT molecular complexity index is 822. The molecule has 6 nitrogen and oxygen atoms in total. The number of hydrogen-bond donors (Lipinski definition) is 1. The Hall–Kier alpha value is -2.41. The molecule has 3 rings (SSSR count). The summed E-state index contributed by atoms with van der Waals surface area (Å²) in [6.45, 7) is 3.53. The summed E-state index contributed by atoms with van der Waals surface area (Å²) >= 11 is 5.20. The van der Waals surface area contributed by atoms with E-state index in [9.17, 15) is 9.59 Å². The molecule has 1 aromatic heterocycles. The number of carbonyl (C=O) groups is 1. The number of nitrogens with zero attached hydrogens (tertiary/aromatic N) is 3. The third-order valence-electron chi connectivity index (χ3n) is 3.88. The van der Waals surface area contributed by atoms with Gasteiger partial charge in [-0.15, -0.1) is 0 Å². The first kappa shape index (κ1) is 14.5. The van der Waals surface area contributed by atoms with Crippen LogP contribution in [0.25, 0.3) is 5.69 Å². The van der Waals surface area contributed by atoms with Gasteiger partial charge in [-0.05, 0) is 38.2 Å². The van der Waals surface area contributed by atoms with Crippen LogP contribution in [0.2, 0.25) is 0 Å². The fourth-order valence-corrected chi connectivity index (χ4v) is 2.99. The van der Waals surface area contributed by atoms with Crippen LogP contribution in [0, 0.1) is 6.92 Å². The summed E-state index contributed by atoms with van der Waals surface area (Å²) in [6.07, 6.45) is 0. The summed E-state index contributed by atoms with van der Waals surface area (Å²) in [7, 11) is 1.79. The molecule has 1 fully saturated rings. The molecule has 1 aliphatic rings. The zero-order valence-corrected chi connectivity index (χ0v) is 13.3. The minimum atomic E-state index is -0.420. The zero-order valence-electron chi connectivity index (χ0n) is 12.5. The van der Waals surface area contributed by atoms with Crippen molar-refractivity contribution in [2.75, 3.05) is 4.90 Å². The van der Waals surface area contributed by atoms with Crippen molar-refractivity contribution in [2.45, 2.75) is 19.9 Å². The molecule has 0 aliphatic carbocycles. The van der Waals surface area contributed by atoms with E-state index >= 15 is 0 Å². The van der Waals surface area contributed by atoms with Crippen molar-refractivity contribution in [3.05, 3.63) is 46.4 Å². The Labute approximate surface area is 132 Å². The maximum absolute atomic E-state index is 12.9. The normalized spacial score (nSPS) is 18.0. The monoisotopic (exact) mass is 316 g/mol. The number of benzene rings is 1. The van der Waals surface area contributed by atoms with Crippen molar-refractivity contribution in [3.8, 4) is 5.69 Å². The average molecular weight is 316 g/mol. The van der Waals surface area contributed by atoms with Crippen molar-refractivity contribution >= 4 is 28.9 Å². The number of aromatic nitrogens is 2. The molecule has 0 saturated carbocycles. The third kappa shape index (κ3) is 1.97. The van der Waals surface area contributed by atoms with Crippen LogP contribution >= 0.6 is 12.2 Å². The van der Waals surface area contributed by atoms with E-state index in [-0.39, 0.29) is 16.6 Å². The molecule has 1 N–H and O–H groups in total. The van der Waals surface area contributed by atoms with Gasteiger partial charge < -0.3 is 5.32 Å². The summed E-state index contributed by atoms with van der Waals surface area (Å²) in [5, 5.41) is 3.16. The average Bonchev–Trinajstić information content (AvgIpc) is 2.86. The number of anilines is 1. The Morgan fingerprint density at radius 2 is 1.82 bits per heavy atom. The van der Waals surface area contributed by atoms with Crippen LogP contribution in [0.1, 0.15) is 12.6 Å². The van der Waals surface area contributed by atoms with Crippen molar-refractivity contribution in [3.63, 3.8) is 0 Å². The molecule has 2 aromatic rings. The van der Waals surface area contributed by atoms with Crippen molar-refractivity contribution in [1.82, 2.24) is 14.7 Å². The van der Waals surface area contributed by atoms with E-state index in [1.165, 1.54) is 9.58 Å². The molecule has 0 spiro atoms. The van der Waals surface area contributed by atoms with E-state index in [2.05, 4.69) is 5.32 Å². The van der Waals surface area contributed by atoms with E-state index in [0.29, 0.717) is 11.4 Å². The minimum absolute atomic E-state index is 0.212. The molecule has 1 amide bonds. The summed E-state index contributed by atoms with van der Waals surface area (Å²) in [4.78, 5) is 26.5. The molecule has 0 unspecified atom stereocenters. The lowest BCUT2D eigenvalue weighted by atomic mass is 10.3. The molecule has 0 radical (unpaired) electrons. The second-order valence-electron chi connectivity index (χ2n) is 5.25. The van der Waals surface area contributed by atoms with Gasteiger partial charge in [0.1, 0.15) is 11.7 Å². The first-order chi connectivity index (χ1) is 10.4. The highest BCUT2D eigenvalue weighted by atomic mass is 32.1. The molecule has 114 valence electrons. The molecule has 1 aromatic carbocycles. The number of hydrogen-bond acceptors (Lipinski definition) is 3. The largest absolute Gasteiger partial charge is 0.350 e. The van der Waals surface area contributed by atoms with Crippen LogP contribution in [0.5, 0.6) is 0 Å². The summed E-state index contributed by atoms with van der Waals surface area (Å²) in [5.74, 6) is -0.212. The number of nitrogens with one attached hydrogen (secondary N) is 1. The zero-order chi connectivity index (χ0) is 16.0. The SMILES string of the molecule is Cc1c(N2C(=O)[C@@H](C)NC2=S)c(=O)n(-c2ccccc2)n1C. The van der Waals surface area contributed by atoms with Crippen LogP contribution in [0.3, 0.4) is 0 Å². The van der Waals surface area contributed by atoms with Crippen LogP contribution in [-0.2, 0) is 11.8 Å². The fraction of sp³-hybridized carbons (Fsp3) is 0.267. The van der Waals surface area contributed by atoms with Gasteiger partial charge in [-0.25, -0.2) is 9.58 Å². The van der Waals surface area contributed by atoms with Crippen molar-refractivity contribution in [1.29, 1.82) is 0 Å². The van der Waals surface area contributed by atoms with Gasteiger partial charge in [-0.3, -0.25) is 14.3 Å². The van der Waals surface area contributed by atoms with E-state index < -0.39 is 6.04 Å². The van der Waals surface area contributed by atoms with Gasteiger partial charge >= 0.3 is 0 Å². The molecular weight excluding hydrogens is 300 g/mol. The fourth-order valence-electron chi connectivity index (χ4n) is 2.63. The highest BCUT2D eigenvalue weighted by Crippen LogP contribution is 2.22. The number of para-hydroxylation sites is 1.